The van der Waals surface area contributed by atoms with Crippen LogP contribution in [0, 0.1) is 6.92 Å². The molecule has 1 heterocycles. The summed E-state index contributed by atoms with van der Waals surface area (Å²) in [6.45, 7) is 2.05. The first-order valence-corrected chi connectivity index (χ1v) is 5.44. The number of aryl methyl sites for hydroxylation is 1. The number of hydrogen-bond acceptors (Lipinski definition) is 3. The Morgan fingerprint density at radius 2 is 1.94 bits per heavy atom. The number of halogens is 4. The summed E-state index contributed by atoms with van der Waals surface area (Å²) >= 11 is 5.79. The molecule has 0 spiro atoms. The Hall–Kier alpha value is -1.04. The lowest BCUT2D eigenvalue weighted by Gasteiger charge is -2.12. The third-order valence-corrected chi connectivity index (χ3v) is 2.30. The molecule has 0 aliphatic heterocycles. The first-order chi connectivity index (χ1) is 7.83. The topological polar surface area (TPSA) is 35.0 Å². The summed E-state index contributed by atoms with van der Waals surface area (Å²) in [4.78, 5) is 7.87. The Kier molecular flexibility index (Phi) is 4.56. The van der Waals surface area contributed by atoms with Crippen molar-refractivity contribution < 1.29 is 17.9 Å². The highest BCUT2D eigenvalue weighted by molar-refractivity contribution is 6.30. The van der Waals surface area contributed by atoms with Crippen molar-refractivity contribution in [3.8, 4) is 5.88 Å². The number of nitrogens with zero attached hydrogens (tertiary/aromatic N) is 2. The van der Waals surface area contributed by atoms with E-state index in [0.717, 1.165) is 6.42 Å². The molecule has 96 valence electrons. The van der Waals surface area contributed by atoms with Crippen molar-refractivity contribution in [1.82, 2.24) is 9.97 Å². The van der Waals surface area contributed by atoms with Crippen LogP contribution in [0.15, 0.2) is 0 Å². The van der Waals surface area contributed by atoms with E-state index in [2.05, 4.69) is 14.7 Å². The highest BCUT2D eigenvalue weighted by Gasteiger charge is 2.29. The lowest BCUT2D eigenvalue weighted by atomic mass is 10.3. The van der Waals surface area contributed by atoms with Crippen LogP contribution in [0.4, 0.5) is 13.2 Å². The molecule has 0 fully saturated rings. The lowest BCUT2D eigenvalue weighted by Crippen LogP contribution is -2.20. The largest absolute Gasteiger partial charge is 0.468 e. The molecule has 0 N–H and O–H groups in total. The van der Waals surface area contributed by atoms with Crippen LogP contribution in [-0.4, -0.2) is 22.8 Å². The Morgan fingerprint density at radius 1 is 1.29 bits per heavy atom. The van der Waals surface area contributed by atoms with Gasteiger partial charge in [0.15, 0.2) is 6.61 Å². The summed E-state index contributed by atoms with van der Waals surface area (Å²) < 4.78 is 40.7. The Balaban J connectivity index is 2.89. The van der Waals surface area contributed by atoms with E-state index in [9.17, 15) is 13.2 Å². The fourth-order valence-corrected chi connectivity index (χ4v) is 1.32. The van der Waals surface area contributed by atoms with Crippen LogP contribution in [0.3, 0.4) is 0 Å². The van der Waals surface area contributed by atoms with Gasteiger partial charge >= 0.3 is 6.18 Å². The second-order valence-corrected chi connectivity index (χ2v) is 3.87. The molecule has 0 aliphatic carbocycles. The summed E-state index contributed by atoms with van der Waals surface area (Å²) in [5.74, 6) is 0.283. The average Bonchev–Trinajstić information content (AvgIpc) is 2.20. The zero-order valence-electron chi connectivity index (χ0n) is 9.44. The highest BCUT2D eigenvalue weighted by atomic mass is 35.5. The Labute approximate surface area is 102 Å². The van der Waals surface area contributed by atoms with Crippen molar-refractivity contribution in [3.05, 3.63) is 16.5 Å². The van der Waals surface area contributed by atoms with Gasteiger partial charge in [0, 0.05) is 12.0 Å². The van der Waals surface area contributed by atoms with Gasteiger partial charge in [-0.1, -0.05) is 18.5 Å². The van der Waals surface area contributed by atoms with E-state index in [1.54, 1.807) is 0 Å². The molecule has 0 bridgehead atoms. The highest BCUT2D eigenvalue weighted by Crippen LogP contribution is 2.24. The van der Waals surface area contributed by atoms with Crippen LogP contribution >= 0.6 is 11.6 Å². The number of aromatic nitrogens is 2. The molecule has 1 aromatic heterocycles. The molecule has 0 aromatic carbocycles. The fourth-order valence-electron chi connectivity index (χ4n) is 1.14. The maximum absolute atomic E-state index is 12.0. The Bertz CT molecular complexity index is 396. The number of hydrogen-bond donors (Lipinski definition) is 0. The Morgan fingerprint density at radius 3 is 2.47 bits per heavy atom. The molecule has 0 unspecified atom stereocenters. The van der Waals surface area contributed by atoms with Crippen molar-refractivity contribution in [2.75, 3.05) is 6.61 Å². The zero-order chi connectivity index (χ0) is 13.1. The molecule has 0 radical (unpaired) electrons. The van der Waals surface area contributed by atoms with Crippen LogP contribution in [0.5, 0.6) is 5.88 Å². The zero-order valence-corrected chi connectivity index (χ0v) is 10.2. The molecule has 1 aromatic rings. The summed E-state index contributed by atoms with van der Waals surface area (Å²) in [6.07, 6.45) is -3.07. The summed E-state index contributed by atoms with van der Waals surface area (Å²) in [5.41, 5.74) is 0.316. The second-order valence-electron chi connectivity index (χ2n) is 3.51. The normalized spacial score (nSPS) is 11.6. The minimum absolute atomic E-state index is 0.106. The molecule has 0 saturated carbocycles. The van der Waals surface area contributed by atoms with Crippen LogP contribution in [-0.2, 0) is 6.42 Å². The summed E-state index contributed by atoms with van der Waals surface area (Å²) in [6, 6.07) is 0. The van der Waals surface area contributed by atoms with Gasteiger partial charge in [-0.2, -0.15) is 18.2 Å². The second kappa shape index (κ2) is 5.53. The molecule has 3 nitrogen and oxygen atoms in total. The molecule has 17 heavy (non-hydrogen) atoms. The predicted octanol–water partition coefficient (Wildman–Crippen LogP) is 3.33. The predicted molar refractivity (Wildman–Crippen MR) is 57.3 cm³/mol. The minimum Gasteiger partial charge on any atom is -0.468 e. The van der Waals surface area contributed by atoms with Crippen LogP contribution in [0.1, 0.15) is 24.7 Å². The van der Waals surface area contributed by atoms with Crippen molar-refractivity contribution in [2.24, 2.45) is 0 Å². The molecular weight excluding hydrogens is 257 g/mol. The van der Waals surface area contributed by atoms with Crippen molar-refractivity contribution in [1.29, 1.82) is 0 Å². The van der Waals surface area contributed by atoms with Crippen LogP contribution < -0.4 is 4.74 Å². The van der Waals surface area contributed by atoms with Crippen LogP contribution in [0.2, 0.25) is 5.15 Å². The lowest BCUT2D eigenvalue weighted by molar-refractivity contribution is -0.154. The summed E-state index contributed by atoms with van der Waals surface area (Å²) in [5, 5.41) is 0.126. The minimum atomic E-state index is -4.39. The molecule has 0 atom stereocenters. The maximum Gasteiger partial charge on any atom is 0.422 e. The van der Waals surface area contributed by atoms with Crippen molar-refractivity contribution >= 4 is 11.6 Å². The van der Waals surface area contributed by atoms with E-state index in [-0.39, 0.29) is 11.0 Å². The SMILES string of the molecule is CCCc1nc(Cl)c(C)c(OCC(F)(F)F)n1. The molecular formula is C10H12ClF3N2O. The van der Waals surface area contributed by atoms with E-state index in [0.29, 0.717) is 17.8 Å². The maximum atomic E-state index is 12.0. The van der Waals surface area contributed by atoms with Gasteiger partial charge in [0.2, 0.25) is 5.88 Å². The molecule has 0 aliphatic rings. The summed E-state index contributed by atoms with van der Waals surface area (Å²) in [7, 11) is 0. The third kappa shape index (κ3) is 4.38. The number of rotatable bonds is 4. The quantitative estimate of drug-likeness (QED) is 0.786. The van der Waals surface area contributed by atoms with Gasteiger partial charge in [0.25, 0.3) is 0 Å². The molecule has 0 saturated heterocycles. The van der Waals surface area contributed by atoms with Gasteiger partial charge in [-0.25, -0.2) is 4.98 Å². The first kappa shape index (κ1) is 14.0. The number of alkyl halides is 3. The van der Waals surface area contributed by atoms with E-state index in [1.165, 1.54) is 6.92 Å². The van der Waals surface area contributed by atoms with Gasteiger partial charge in [-0.3, -0.25) is 0 Å². The van der Waals surface area contributed by atoms with Gasteiger partial charge in [0.1, 0.15) is 11.0 Å². The average molecular weight is 269 g/mol. The van der Waals surface area contributed by atoms with E-state index in [1.807, 2.05) is 6.92 Å². The van der Waals surface area contributed by atoms with E-state index >= 15 is 0 Å². The molecule has 1 rings (SSSR count). The van der Waals surface area contributed by atoms with Crippen molar-refractivity contribution in [3.63, 3.8) is 0 Å². The van der Waals surface area contributed by atoms with E-state index < -0.39 is 12.8 Å². The third-order valence-electron chi connectivity index (χ3n) is 1.93. The first-order valence-electron chi connectivity index (χ1n) is 5.06. The molecule has 7 heteroatoms. The van der Waals surface area contributed by atoms with Gasteiger partial charge < -0.3 is 4.74 Å². The fraction of sp³-hybridized carbons (Fsp3) is 0.600. The standard InChI is InChI=1S/C10H12ClF3N2O/c1-3-4-7-15-8(11)6(2)9(16-7)17-5-10(12,13)14/h3-5H2,1-2H3. The van der Waals surface area contributed by atoms with Gasteiger partial charge in [-0.05, 0) is 13.3 Å². The van der Waals surface area contributed by atoms with Gasteiger partial charge in [0.05, 0.1) is 0 Å². The van der Waals surface area contributed by atoms with Crippen LogP contribution in [0.25, 0.3) is 0 Å². The van der Waals surface area contributed by atoms with E-state index in [4.69, 9.17) is 11.6 Å². The monoisotopic (exact) mass is 268 g/mol. The molecule has 0 amide bonds. The number of ether oxygens (including phenoxy) is 1. The van der Waals surface area contributed by atoms with Gasteiger partial charge in [-0.15, -0.1) is 0 Å². The van der Waals surface area contributed by atoms with Crippen molar-refractivity contribution in [2.45, 2.75) is 32.9 Å². The smallest absolute Gasteiger partial charge is 0.422 e.